The molecule has 0 bridgehead atoms. The average molecular weight is 1060 g/mol. The van der Waals surface area contributed by atoms with Gasteiger partial charge in [0.2, 0.25) is 0 Å². The van der Waals surface area contributed by atoms with Gasteiger partial charge < -0.3 is 73.6 Å². The van der Waals surface area contributed by atoms with E-state index in [9.17, 15) is 50.1 Å². The van der Waals surface area contributed by atoms with Crippen LogP contribution in [0.2, 0.25) is 10.0 Å². The van der Waals surface area contributed by atoms with Gasteiger partial charge in [0, 0.05) is 19.4 Å². The Morgan fingerprint density at radius 3 is 2.17 bits per heavy atom. The molecule has 2 fully saturated rings. The van der Waals surface area contributed by atoms with Gasteiger partial charge in [-0.05, 0) is 90.5 Å². The van der Waals surface area contributed by atoms with Crippen LogP contribution in [0.4, 0.5) is 0 Å². The van der Waals surface area contributed by atoms with Crippen molar-refractivity contribution in [3.05, 3.63) is 79.9 Å². The monoisotopic (exact) mass is 1060 g/mol. The molecule has 5 unspecified atom stereocenters. The minimum Gasteiger partial charge on any atom is -0.505 e. The van der Waals surface area contributed by atoms with Gasteiger partial charge in [0.1, 0.15) is 46.7 Å². The predicted octanol–water partition coefficient (Wildman–Crippen LogP) is 6.23. The van der Waals surface area contributed by atoms with Gasteiger partial charge in [0.15, 0.2) is 36.3 Å². The summed E-state index contributed by atoms with van der Waals surface area (Å²) in [5.74, 6) is -4.78. The number of aromatic hydroxyl groups is 2. The fourth-order valence-corrected chi connectivity index (χ4v) is 9.16. The van der Waals surface area contributed by atoms with Crippen molar-refractivity contribution in [3.63, 3.8) is 0 Å². The first kappa shape index (κ1) is 60.7. The quantitative estimate of drug-likeness (QED) is 0.0655. The van der Waals surface area contributed by atoms with Gasteiger partial charge in [-0.3, -0.25) is 4.79 Å². The number of benzene rings is 1. The first-order valence-corrected chi connectivity index (χ1v) is 24.9. The van der Waals surface area contributed by atoms with Crippen molar-refractivity contribution in [1.82, 2.24) is 0 Å². The Hall–Kier alpha value is -3.89. The first-order chi connectivity index (χ1) is 33.7. The zero-order valence-electron chi connectivity index (χ0n) is 43.0. The number of aliphatic hydroxyl groups is 5. The van der Waals surface area contributed by atoms with Gasteiger partial charge in [-0.2, -0.15) is 0 Å². The molecular formula is C52H74Cl2O18. The second kappa shape index (κ2) is 26.5. The van der Waals surface area contributed by atoms with Crippen molar-refractivity contribution in [2.24, 2.45) is 11.8 Å². The molecule has 3 aliphatic heterocycles. The fraction of sp³-hybridized carbons (Fsp3) is 0.635. The Kier molecular flexibility index (Phi) is 22.4. The zero-order valence-corrected chi connectivity index (χ0v) is 44.5. The number of carbonyl (C=O) groups excluding carboxylic acids is 3. The van der Waals surface area contributed by atoms with Crippen LogP contribution in [-0.2, 0) is 53.9 Å². The second-order valence-electron chi connectivity index (χ2n) is 19.4. The lowest BCUT2D eigenvalue weighted by molar-refractivity contribution is -0.333. The molecule has 404 valence electrons. The number of ether oxygens (including phenoxy) is 8. The molecule has 14 atom stereocenters. The molecule has 3 heterocycles. The van der Waals surface area contributed by atoms with E-state index in [2.05, 4.69) is 0 Å². The largest absolute Gasteiger partial charge is 0.505 e. The Balaban J connectivity index is 1.61. The Labute approximate surface area is 431 Å². The third kappa shape index (κ3) is 14.7. The van der Waals surface area contributed by atoms with Crippen LogP contribution in [-0.4, -0.2) is 153 Å². The van der Waals surface area contributed by atoms with Gasteiger partial charge in [-0.15, -0.1) is 0 Å². The molecule has 1 aromatic carbocycles. The summed E-state index contributed by atoms with van der Waals surface area (Å²) in [5.41, 5.74) is 0.318. The van der Waals surface area contributed by atoms with E-state index < -0.39 is 144 Å². The molecule has 0 aromatic heterocycles. The van der Waals surface area contributed by atoms with Crippen molar-refractivity contribution in [1.29, 1.82) is 0 Å². The molecule has 0 radical (unpaired) electrons. The fourth-order valence-electron chi connectivity index (χ4n) is 8.60. The lowest BCUT2D eigenvalue weighted by Gasteiger charge is -2.47. The number of esters is 3. The van der Waals surface area contributed by atoms with E-state index in [0.29, 0.717) is 23.1 Å². The van der Waals surface area contributed by atoms with Crippen molar-refractivity contribution >= 4 is 41.1 Å². The molecule has 2 saturated heterocycles. The Bertz CT molecular complexity index is 2220. The molecule has 3 aliphatic rings. The summed E-state index contributed by atoms with van der Waals surface area (Å²) in [4.78, 5) is 40.0. The smallest absolute Gasteiger partial charge is 0.342 e. The van der Waals surface area contributed by atoms with Gasteiger partial charge in [-0.25, -0.2) is 9.59 Å². The van der Waals surface area contributed by atoms with E-state index in [4.69, 9.17) is 61.1 Å². The number of phenols is 2. The maximum absolute atomic E-state index is 13.9. The molecule has 4 rings (SSSR count). The molecule has 0 aliphatic carbocycles. The van der Waals surface area contributed by atoms with Crippen LogP contribution in [0.3, 0.4) is 0 Å². The molecule has 0 saturated carbocycles. The summed E-state index contributed by atoms with van der Waals surface area (Å²) < 4.78 is 47.5. The van der Waals surface area contributed by atoms with Gasteiger partial charge >= 0.3 is 17.9 Å². The number of allylic oxidation sites excluding steroid dienone is 4. The molecule has 72 heavy (non-hydrogen) atoms. The number of cyclic esters (lactones) is 1. The SMILES string of the molecule is CCc1c(Cl)c(O)c(Cl)c(O)c1C(=O)O[C@H]1[C@H](O)[C@H](OC)[C@H](OC/C2=C\C=C\CC(O)/C(C)=C/C(CC)C(O[C@@H]3OC(C)(C)[C@@H](OC(=O)C(C)C)[C@H](O)[C@@H]3O)/C(C)=C/C(C)=C/CC(C(C)O)OC2=O)O[C@@H]1C. The number of methoxy groups -OCH3 is 1. The first-order valence-electron chi connectivity index (χ1n) is 24.2. The molecule has 7 N–H and O–H groups in total. The van der Waals surface area contributed by atoms with Crippen LogP contribution in [0, 0.1) is 11.8 Å². The second-order valence-corrected chi connectivity index (χ2v) is 20.1. The highest BCUT2D eigenvalue weighted by Crippen LogP contribution is 2.45. The number of hydrogen-bond donors (Lipinski definition) is 7. The third-order valence-electron chi connectivity index (χ3n) is 13.0. The van der Waals surface area contributed by atoms with Gasteiger partial charge in [0.25, 0.3) is 0 Å². The van der Waals surface area contributed by atoms with E-state index in [0.717, 1.165) is 0 Å². The zero-order chi connectivity index (χ0) is 54.1. The summed E-state index contributed by atoms with van der Waals surface area (Å²) in [7, 11) is 1.26. The number of carbonyl (C=O) groups is 3. The highest BCUT2D eigenvalue weighted by molar-refractivity contribution is 6.39. The standard InChI is InChI=1S/C52H74Cl2O18/c1-13-30-22-26(6)33(56)18-16-15-17-31(23-66-51-45(65-12)42(61)44(29(9)67-51)69-49(64)35-32(14-2)36(53)39(58)37(54)38(35)57)48(63)68-34(28(8)55)20-19-25(5)21-27(7)43(30)70-50-41(60)40(59)46(52(10,11)72-50)71-47(62)24(3)4/h15-17,19,21-22,24,28-30,33-34,40-46,50-51,55-61H,13-14,18,20,23H2,1-12H3/b16-15+,25-19+,26-22+,27-21+,31-17+/t28?,29-,30?,33?,34?,40-,41+,42+,43?,44-,45+,46+,50-,51-/m1/s1. The number of rotatable bonds is 13. The van der Waals surface area contributed by atoms with Crippen LogP contribution >= 0.6 is 23.2 Å². The number of halogens is 2. The summed E-state index contributed by atoms with van der Waals surface area (Å²) >= 11 is 12.3. The maximum Gasteiger partial charge on any atom is 0.342 e. The lowest BCUT2D eigenvalue weighted by Crippen LogP contribution is -2.64. The maximum atomic E-state index is 13.9. The van der Waals surface area contributed by atoms with E-state index in [1.165, 1.54) is 33.1 Å². The highest BCUT2D eigenvalue weighted by atomic mass is 35.5. The van der Waals surface area contributed by atoms with E-state index in [1.807, 2.05) is 32.9 Å². The van der Waals surface area contributed by atoms with Gasteiger partial charge in [0.05, 0.1) is 47.5 Å². The average Bonchev–Trinajstić information content (AvgIpc) is 3.32. The lowest BCUT2D eigenvalue weighted by atomic mass is 9.88. The summed E-state index contributed by atoms with van der Waals surface area (Å²) in [6.45, 7) is 18.1. The van der Waals surface area contributed by atoms with E-state index in [-0.39, 0.29) is 35.4 Å². The van der Waals surface area contributed by atoms with Crippen LogP contribution < -0.4 is 0 Å². The summed E-state index contributed by atoms with van der Waals surface area (Å²) in [6.07, 6.45) is -5.45. The van der Waals surface area contributed by atoms with E-state index >= 15 is 0 Å². The Morgan fingerprint density at radius 1 is 0.903 bits per heavy atom. The molecule has 20 heteroatoms. The van der Waals surface area contributed by atoms with Crippen LogP contribution in [0.5, 0.6) is 11.5 Å². The van der Waals surface area contributed by atoms with Crippen molar-refractivity contribution in [2.45, 2.75) is 187 Å². The Morgan fingerprint density at radius 2 is 1.57 bits per heavy atom. The van der Waals surface area contributed by atoms with Gasteiger partial charge in [-0.1, -0.05) is 86.9 Å². The molecule has 0 amide bonds. The number of phenolic OH excluding ortho intramolecular Hbond substituents is 2. The normalized spacial score (nSPS) is 34.8. The van der Waals surface area contributed by atoms with Crippen LogP contribution in [0.25, 0.3) is 0 Å². The highest BCUT2D eigenvalue weighted by Gasteiger charge is 2.53. The number of aliphatic hydroxyl groups excluding tert-OH is 5. The predicted molar refractivity (Wildman–Crippen MR) is 265 cm³/mol. The van der Waals surface area contributed by atoms with E-state index in [1.54, 1.807) is 53.7 Å². The summed E-state index contributed by atoms with van der Waals surface area (Å²) in [6, 6.07) is 0. The molecule has 0 spiro atoms. The molecule has 18 nitrogen and oxygen atoms in total. The van der Waals surface area contributed by atoms with Crippen molar-refractivity contribution in [2.75, 3.05) is 13.7 Å². The number of hydrogen-bond acceptors (Lipinski definition) is 18. The minimum absolute atomic E-state index is 0.0372. The molecule has 1 aromatic rings. The minimum atomic E-state index is -1.61. The van der Waals surface area contributed by atoms with Crippen LogP contribution in [0.1, 0.15) is 111 Å². The summed E-state index contributed by atoms with van der Waals surface area (Å²) in [5, 5.41) is 76.5. The van der Waals surface area contributed by atoms with Crippen molar-refractivity contribution < 1.29 is 88.0 Å². The topological polar surface area (TPSA) is 267 Å². The molecular weight excluding hydrogens is 983 g/mol. The third-order valence-corrected chi connectivity index (χ3v) is 13.8. The van der Waals surface area contributed by atoms with Crippen molar-refractivity contribution in [3.8, 4) is 11.5 Å². The van der Waals surface area contributed by atoms with Crippen LogP contribution in [0.15, 0.2) is 58.7 Å².